The van der Waals surface area contributed by atoms with E-state index in [1.54, 1.807) is 19.2 Å². The molecule has 0 fully saturated rings. The first-order valence-corrected chi connectivity index (χ1v) is 7.31. The Balaban J connectivity index is 2.51. The van der Waals surface area contributed by atoms with E-state index in [-0.39, 0.29) is 0 Å². The molecule has 2 aromatic rings. The van der Waals surface area contributed by atoms with Crippen molar-refractivity contribution in [1.82, 2.24) is 0 Å². The lowest BCUT2D eigenvalue weighted by Crippen LogP contribution is -2.34. The molecule has 0 spiro atoms. The van der Waals surface area contributed by atoms with Crippen LogP contribution in [0.3, 0.4) is 0 Å². The number of hydrogen-bond donors (Lipinski definition) is 0. The van der Waals surface area contributed by atoms with E-state index in [0.717, 1.165) is 10.8 Å². The molecule has 122 valence electrons. The summed E-state index contributed by atoms with van der Waals surface area (Å²) in [5.41, 5.74) is 0.555. The SMILES string of the molecule is COC(=O)c1ccc(N(C)C(=O)OC(C)(C)C)c2ccccc12. The molecule has 0 aromatic heterocycles. The van der Waals surface area contributed by atoms with Crippen LogP contribution in [0.15, 0.2) is 36.4 Å². The summed E-state index contributed by atoms with van der Waals surface area (Å²) < 4.78 is 10.2. The molecule has 0 aliphatic rings. The topological polar surface area (TPSA) is 55.8 Å². The number of esters is 1. The van der Waals surface area contributed by atoms with Gasteiger partial charge in [0.05, 0.1) is 18.4 Å². The predicted molar refractivity (Wildman–Crippen MR) is 89.9 cm³/mol. The largest absolute Gasteiger partial charge is 0.465 e. The molecule has 23 heavy (non-hydrogen) atoms. The van der Waals surface area contributed by atoms with Crippen molar-refractivity contribution in [2.75, 3.05) is 19.1 Å². The molecule has 2 aromatic carbocycles. The van der Waals surface area contributed by atoms with Crippen molar-refractivity contribution in [3.63, 3.8) is 0 Å². The van der Waals surface area contributed by atoms with Gasteiger partial charge in [-0.05, 0) is 38.3 Å². The van der Waals surface area contributed by atoms with Crippen LogP contribution >= 0.6 is 0 Å². The second-order valence-corrected chi connectivity index (χ2v) is 6.21. The van der Waals surface area contributed by atoms with E-state index in [1.807, 2.05) is 45.0 Å². The van der Waals surface area contributed by atoms with E-state index >= 15 is 0 Å². The van der Waals surface area contributed by atoms with Crippen molar-refractivity contribution >= 4 is 28.5 Å². The molecule has 0 atom stereocenters. The number of fused-ring (bicyclic) bond motifs is 1. The first-order valence-electron chi connectivity index (χ1n) is 7.31. The van der Waals surface area contributed by atoms with Crippen LogP contribution in [0, 0.1) is 0 Å². The Morgan fingerprint density at radius 1 is 1.00 bits per heavy atom. The molecule has 1 amide bonds. The van der Waals surface area contributed by atoms with Gasteiger partial charge in [-0.1, -0.05) is 24.3 Å². The summed E-state index contributed by atoms with van der Waals surface area (Å²) in [7, 11) is 2.99. The summed E-state index contributed by atoms with van der Waals surface area (Å²) in [5, 5.41) is 1.51. The summed E-state index contributed by atoms with van der Waals surface area (Å²) in [6.07, 6.45) is -0.450. The minimum absolute atomic E-state index is 0.410. The second-order valence-electron chi connectivity index (χ2n) is 6.21. The number of hydrogen-bond acceptors (Lipinski definition) is 4. The van der Waals surface area contributed by atoms with Gasteiger partial charge in [0.25, 0.3) is 0 Å². The molecule has 2 rings (SSSR count). The molecular weight excluding hydrogens is 294 g/mol. The highest BCUT2D eigenvalue weighted by atomic mass is 16.6. The first kappa shape index (κ1) is 16.8. The highest BCUT2D eigenvalue weighted by Crippen LogP contribution is 2.30. The van der Waals surface area contributed by atoms with Crippen molar-refractivity contribution in [2.24, 2.45) is 0 Å². The summed E-state index contributed by atoms with van der Waals surface area (Å²) in [6.45, 7) is 5.45. The van der Waals surface area contributed by atoms with Gasteiger partial charge >= 0.3 is 12.1 Å². The molecule has 0 saturated heterocycles. The van der Waals surface area contributed by atoms with E-state index < -0.39 is 17.7 Å². The van der Waals surface area contributed by atoms with Gasteiger partial charge in [0, 0.05) is 12.4 Å². The van der Waals surface area contributed by atoms with Gasteiger partial charge in [0.15, 0.2) is 0 Å². The molecule has 5 nitrogen and oxygen atoms in total. The smallest absolute Gasteiger partial charge is 0.414 e. The van der Waals surface area contributed by atoms with Crippen LogP contribution in [-0.4, -0.2) is 31.8 Å². The number of carbonyl (C=O) groups is 2. The Kier molecular flexibility index (Phi) is 4.59. The Morgan fingerprint density at radius 2 is 1.61 bits per heavy atom. The number of rotatable bonds is 2. The minimum Gasteiger partial charge on any atom is -0.465 e. The summed E-state index contributed by atoms with van der Waals surface area (Å²) in [5.74, 6) is -0.410. The maximum absolute atomic E-state index is 12.3. The average molecular weight is 315 g/mol. The monoisotopic (exact) mass is 315 g/mol. The van der Waals surface area contributed by atoms with Crippen LogP contribution in [0.1, 0.15) is 31.1 Å². The highest BCUT2D eigenvalue weighted by Gasteiger charge is 2.22. The predicted octanol–water partition coefficient (Wildman–Crippen LogP) is 4.00. The Hall–Kier alpha value is -2.56. The summed E-state index contributed by atoms with van der Waals surface area (Å²) >= 11 is 0. The fourth-order valence-corrected chi connectivity index (χ4v) is 2.29. The lowest BCUT2D eigenvalue weighted by atomic mass is 10.0. The van der Waals surface area contributed by atoms with E-state index in [4.69, 9.17) is 9.47 Å². The number of methoxy groups -OCH3 is 1. The second kappa shape index (κ2) is 6.28. The molecule has 0 N–H and O–H groups in total. The molecule has 0 saturated carbocycles. The average Bonchev–Trinajstić information content (AvgIpc) is 2.50. The van der Waals surface area contributed by atoms with Crippen molar-refractivity contribution in [1.29, 1.82) is 0 Å². The highest BCUT2D eigenvalue weighted by molar-refractivity contribution is 6.10. The van der Waals surface area contributed by atoms with Gasteiger partial charge in [-0.3, -0.25) is 4.90 Å². The van der Waals surface area contributed by atoms with Crippen LogP contribution in [-0.2, 0) is 9.47 Å². The molecule has 0 aliphatic heterocycles. The summed E-state index contributed by atoms with van der Waals surface area (Å²) in [6, 6.07) is 10.8. The van der Waals surface area contributed by atoms with Crippen molar-refractivity contribution < 1.29 is 19.1 Å². The fourth-order valence-electron chi connectivity index (χ4n) is 2.29. The van der Waals surface area contributed by atoms with E-state index in [1.165, 1.54) is 12.0 Å². The standard InChI is InChI=1S/C18H21NO4/c1-18(2,3)23-17(21)19(4)15-11-10-14(16(20)22-5)12-8-6-7-9-13(12)15/h6-11H,1-5H3. The lowest BCUT2D eigenvalue weighted by Gasteiger charge is -2.25. The molecule has 0 radical (unpaired) electrons. The number of carbonyl (C=O) groups excluding carboxylic acids is 2. The van der Waals surface area contributed by atoms with Crippen LogP contribution in [0.25, 0.3) is 10.8 Å². The zero-order chi connectivity index (χ0) is 17.2. The maximum Gasteiger partial charge on any atom is 0.414 e. The zero-order valence-corrected chi connectivity index (χ0v) is 14.0. The summed E-state index contributed by atoms with van der Waals surface area (Å²) in [4.78, 5) is 25.6. The van der Waals surface area contributed by atoms with Crippen molar-refractivity contribution in [3.8, 4) is 0 Å². The van der Waals surface area contributed by atoms with Crippen LogP contribution in [0.4, 0.5) is 10.5 Å². The van der Waals surface area contributed by atoms with Gasteiger partial charge in [-0.25, -0.2) is 9.59 Å². The van der Waals surface area contributed by atoms with E-state index in [2.05, 4.69) is 0 Å². The Labute approximate surface area is 135 Å². The minimum atomic E-state index is -0.576. The number of ether oxygens (including phenoxy) is 2. The van der Waals surface area contributed by atoms with Gasteiger partial charge in [0.1, 0.15) is 5.60 Å². The number of benzene rings is 2. The van der Waals surface area contributed by atoms with Gasteiger partial charge in [-0.2, -0.15) is 0 Å². The Bertz CT molecular complexity index is 746. The van der Waals surface area contributed by atoms with E-state index in [9.17, 15) is 9.59 Å². The fraction of sp³-hybridized carbons (Fsp3) is 0.333. The molecule has 0 heterocycles. The molecule has 0 bridgehead atoms. The van der Waals surface area contributed by atoms with Crippen LogP contribution < -0.4 is 4.90 Å². The molecule has 5 heteroatoms. The van der Waals surface area contributed by atoms with Crippen molar-refractivity contribution in [3.05, 3.63) is 42.0 Å². The molecule has 0 aliphatic carbocycles. The van der Waals surface area contributed by atoms with Crippen LogP contribution in [0.5, 0.6) is 0 Å². The quantitative estimate of drug-likeness (QED) is 0.786. The number of nitrogens with zero attached hydrogens (tertiary/aromatic N) is 1. The van der Waals surface area contributed by atoms with Gasteiger partial charge in [0.2, 0.25) is 0 Å². The third-order valence-corrected chi connectivity index (χ3v) is 3.34. The molecule has 0 unspecified atom stereocenters. The van der Waals surface area contributed by atoms with Gasteiger partial charge in [-0.15, -0.1) is 0 Å². The van der Waals surface area contributed by atoms with Gasteiger partial charge < -0.3 is 9.47 Å². The third-order valence-electron chi connectivity index (χ3n) is 3.34. The lowest BCUT2D eigenvalue weighted by molar-refractivity contribution is 0.0586. The maximum atomic E-state index is 12.3. The van der Waals surface area contributed by atoms with Crippen molar-refractivity contribution in [2.45, 2.75) is 26.4 Å². The number of anilines is 1. The third kappa shape index (κ3) is 3.62. The Morgan fingerprint density at radius 3 is 2.17 bits per heavy atom. The zero-order valence-electron chi connectivity index (χ0n) is 14.0. The molecular formula is C18H21NO4. The number of amides is 1. The first-order chi connectivity index (χ1) is 10.7. The van der Waals surface area contributed by atoms with Crippen LogP contribution in [0.2, 0.25) is 0 Å². The van der Waals surface area contributed by atoms with E-state index in [0.29, 0.717) is 11.3 Å². The normalized spacial score (nSPS) is 11.2.